The lowest BCUT2D eigenvalue weighted by Gasteiger charge is -2.29. The topological polar surface area (TPSA) is 12.0 Å². The van der Waals surface area contributed by atoms with Gasteiger partial charge in [-0.1, -0.05) is 61.9 Å². The van der Waals surface area contributed by atoms with Gasteiger partial charge in [0, 0.05) is 43.4 Å². The first-order valence-electron chi connectivity index (χ1n) is 11.2. The number of thiophene rings is 1. The molecule has 2 heteroatoms. The van der Waals surface area contributed by atoms with Crippen LogP contribution in [0.25, 0.3) is 31.3 Å². The lowest BCUT2D eigenvalue weighted by atomic mass is 9.86. The molecule has 0 amide bonds. The number of fused-ring (bicyclic) bond motifs is 6. The van der Waals surface area contributed by atoms with Gasteiger partial charge in [-0.15, -0.1) is 11.3 Å². The van der Waals surface area contributed by atoms with Crippen molar-refractivity contribution >= 4 is 48.3 Å². The van der Waals surface area contributed by atoms with E-state index in [-0.39, 0.29) is 0 Å². The molecule has 6 rings (SSSR count). The van der Waals surface area contributed by atoms with Gasteiger partial charge >= 0.3 is 0 Å². The van der Waals surface area contributed by atoms with Crippen LogP contribution in [0.4, 0.5) is 5.69 Å². The van der Waals surface area contributed by atoms with Crippen LogP contribution in [-0.2, 0) is 6.42 Å². The molecule has 0 saturated carbocycles. The van der Waals surface area contributed by atoms with E-state index in [1.54, 1.807) is 0 Å². The molecule has 0 bridgehead atoms. The van der Waals surface area contributed by atoms with E-state index in [1.807, 2.05) is 11.3 Å². The highest BCUT2D eigenvalue weighted by Crippen LogP contribution is 2.39. The van der Waals surface area contributed by atoms with Crippen LogP contribution in [0, 0.1) is 5.92 Å². The largest absolute Gasteiger partial charge is 0.382 e. The Morgan fingerprint density at radius 1 is 1.00 bits per heavy atom. The second-order valence-electron chi connectivity index (χ2n) is 8.91. The van der Waals surface area contributed by atoms with E-state index in [1.165, 1.54) is 77.8 Å². The summed E-state index contributed by atoms with van der Waals surface area (Å²) in [6.07, 6.45) is 3.60. The Morgan fingerprint density at radius 3 is 2.73 bits per heavy atom. The van der Waals surface area contributed by atoms with Crippen LogP contribution < -0.4 is 15.8 Å². The van der Waals surface area contributed by atoms with E-state index in [0.29, 0.717) is 12.0 Å². The highest BCUT2D eigenvalue weighted by atomic mass is 32.1. The van der Waals surface area contributed by atoms with Crippen molar-refractivity contribution in [2.24, 2.45) is 5.92 Å². The zero-order valence-corrected chi connectivity index (χ0v) is 18.7. The number of benzene rings is 3. The van der Waals surface area contributed by atoms with Gasteiger partial charge < -0.3 is 5.32 Å². The average Bonchev–Trinajstić information content (AvgIpc) is 3.28. The van der Waals surface area contributed by atoms with Crippen LogP contribution in [0.3, 0.4) is 0 Å². The Bertz CT molecular complexity index is 1440. The summed E-state index contributed by atoms with van der Waals surface area (Å²) < 4.78 is 2.79. The molecule has 1 aliphatic heterocycles. The van der Waals surface area contributed by atoms with Crippen LogP contribution in [0.1, 0.15) is 44.7 Å². The molecule has 0 saturated heterocycles. The fourth-order valence-corrected chi connectivity index (χ4v) is 6.72. The maximum Gasteiger partial charge on any atom is 0.0451 e. The summed E-state index contributed by atoms with van der Waals surface area (Å²) in [7, 11) is 0. The molecule has 0 spiro atoms. The molecule has 2 atom stereocenters. The maximum atomic E-state index is 3.89. The van der Waals surface area contributed by atoms with Gasteiger partial charge in [0.25, 0.3) is 0 Å². The third-order valence-electron chi connectivity index (χ3n) is 7.35. The van der Waals surface area contributed by atoms with Crippen molar-refractivity contribution in [2.45, 2.75) is 46.1 Å². The Morgan fingerprint density at radius 2 is 1.87 bits per heavy atom. The second kappa shape index (κ2) is 6.72. The van der Waals surface area contributed by atoms with Gasteiger partial charge in [-0.3, -0.25) is 0 Å². The van der Waals surface area contributed by atoms with Crippen LogP contribution in [0.15, 0.2) is 54.6 Å². The fraction of sp³-hybridized carbons (Fsp3) is 0.286. The number of nitrogens with one attached hydrogen (secondary N) is 1. The smallest absolute Gasteiger partial charge is 0.0451 e. The predicted molar refractivity (Wildman–Crippen MR) is 132 cm³/mol. The number of anilines is 1. The van der Waals surface area contributed by atoms with Crippen molar-refractivity contribution in [3.05, 3.63) is 76.2 Å². The van der Waals surface area contributed by atoms with Crippen molar-refractivity contribution in [3.8, 4) is 0 Å². The molecular weight excluding hydrogens is 382 g/mol. The Balaban J connectivity index is 1.71. The molecule has 3 aromatic carbocycles. The molecule has 150 valence electrons. The number of rotatable bonds is 2. The van der Waals surface area contributed by atoms with Crippen LogP contribution in [0.2, 0.25) is 0 Å². The molecule has 30 heavy (non-hydrogen) atoms. The fourth-order valence-electron chi connectivity index (χ4n) is 5.61. The number of para-hydroxylation sites is 1. The molecule has 4 aromatic rings. The molecule has 1 nitrogen and oxygen atoms in total. The van der Waals surface area contributed by atoms with Crippen LogP contribution in [0.5, 0.6) is 0 Å². The number of aryl methyl sites for hydroxylation is 1. The minimum Gasteiger partial charge on any atom is -0.382 e. The third kappa shape index (κ3) is 2.46. The van der Waals surface area contributed by atoms with Gasteiger partial charge in [-0.25, -0.2) is 0 Å². The van der Waals surface area contributed by atoms with E-state index in [0.717, 1.165) is 0 Å². The van der Waals surface area contributed by atoms with Gasteiger partial charge in [0.1, 0.15) is 0 Å². The molecule has 2 heterocycles. The van der Waals surface area contributed by atoms with Gasteiger partial charge in [-0.05, 0) is 59.9 Å². The van der Waals surface area contributed by atoms with Gasteiger partial charge in [0.15, 0.2) is 0 Å². The quantitative estimate of drug-likeness (QED) is 0.415. The molecule has 1 aromatic heterocycles. The molecule has 0 fully saturated rings. The Hall–Kier alpha value is -2.58. The van der Waals surface area contributed by atoms with E-state index >= 15 is 0 Å². The lowest BCUT2D eigenvalue weighted by Crippen LogP contribution is -2.27. The SMILES string of the molecule is CCC1CCc2cccc(C3=c4ccc5sc6ccccc6c5c4=C(C)C3C)c2N1. The zero-order valence-electron chi connectivity index (χ0n) is 17.9. The van der Waals surface area contributed by atoms with Gasteiger partial charge in [-0.2, -0.15) is 0 Å². The van der Waals surface area contributed by atoms with Crippen LogP contribution in [-0.4, -0.2) is 6.04 Å². The molecule has 2 unspecified atom stereocenters. The summed E-state index contributed by atoms with van der Waals surface area (Å²) in [5, 5.41) is 9.67. The summed E-state index contributed by atoms with van der Waals surface area (Å²) in [5.74, 6) is 0.430. The first-order valence-corrected chi connectivity index (χ1v) is 12.0. The first-order chi connectivity index (χ1) is 14.7. The van der Waals surface area contributed by atoms with Crippen molar-refractivity contribution in [2.75, 3.05) is 5.32 Å². The standard InChI is InChI=1S/C28H27NS/c1-4-19-13-12-18-8-7-10-22(28(18)29-19)25-16(2)17(3)26-21(25)14-15-24-27(26)20-9-5-6-11-23(20)30-24/h5-11,14-16,19,29H,4,12-13H2,1-3H3. The van der Waals surface area contributed by atoms with E-state index in [9.17, 15) is 0 Å². The van der Waals surface area contributed by atoms with E-state index in [2.05, 4.69) is 80.7 Å². The summed E-state index contributed by atoms with van der Waals surface area (Å²) in [6, 6.07) is 21.1. The minimum absolute atomic E-state index is 0.430. The summed E-state index contributed by atoms with van der Waals surface area (Å²) >= 11 is 1.92. The van der Waals surface area contributed by atoms with Gasteiger partial charge in [0.05, 0.1) is 0 Å². The normalized spacial score (nSPS) is 20.5. The average molecular weight is 410 g/mol. The molecule has 1 N–H and O–H groups in total. The van der Waals surface area contributed by atoms with Crippen molar-refractivity contribution in [1.29, 1.82) is 0 Å². The maximum absolute atomic E-state index is 3.89. The minimum atomic E-state index is 0.430. The monoisotopic (exact) mass is 409 g/mol. The number of hydrogen-bond acceptors (Lipinski definition) is 2. The summed E-state index contributed by atoms with van der Waals surface area (Å²) in [5.41, 5.74) is 7.28. The van der Waals surface area contributed by atoms with Crippen LogP contribution >= 0.6 is 11.3 Å². The molecule has 2 aliphatic rings. The molecule has 0 radical (unpaired) electrons. The highest BCUT2D eigenvalue weighted by molar-refractivity contribution is 7.25. The second-order valence-corrected chi connectivity index (χ2v) is 9.99. The van der Waals surface area contributed by atoms with Crippen molar-refractivity contribution in [1.82, 2.24) is 0 Å². The summed E-state index contributed by atoms with van der Waals surface area (Å²) in [4.78, 5) is 0. The highest BCUT2D eigenvalue weighted by Gasteiger charge is 2.27. The number of hydrogen-bond donors (Lipinski definition) is 1. The Kier molecular flexibility index (Phi) is 4.08. The van der Waals surface area contributed by atoms with Crippen molar-refractivity contribution < 1.29 is 0 Å². The molecule has 1 aliphatic carbocycles. The van der Waals surface area contributed by atoms with Crippen molar-refractivity contribution in [3.63, 3.8) is 0 Å². The third-order valence-corrected chi connectivity index (χ3v) is 8.49. The first kappa shape index (κ1) is 18.2. The van der Waals surface area contributed by atoms with E-state index < -0.39 is 0 Å². The van der Waals surface area contributed by atoms with Gasteiger partial charge in [0.2, 0.25) is 0 Å². The van der Waals surface area contributed by atoms with E-state index in [4.69, 9.17) is 0 Å². The zero-order chi connectivity index (χ0) is 20.4. The molecular formula is C28H27NS. The predicted octanol–water partition coefficient (Wildman–Crippen LogP) is 6.21. The Labute approximate surface area is 181 Å². The lowest BCUT2D eigenvalue weighted by molar-refractivity contribution is 0.613. The summed E-state index contributed by atoms with van der Waals surface area (Å²) in [6.45, 7) is 7.03.